The molecular formula is C14H19NO4. The van der Waals surface area contributed by atoms with Crippen molar-refractivity contribution in [3.8, 4) is 0 Å². The summed E-state index contributed by atoms with van der Waals surface area (Å²) >= 11 is 0. The van der Waals surface area contributed by atoms with Gasteiger partial charge in [0.05, 0.1) is 12.7 Å². The number of benzene rings is 1. The highest BCUT2D eigenvalue weighted by Crippen LogP contribution is 2.12. The fraction of sp³-hybridized carbons (Fsp3) is 0.429. The number of carbonyl (C=O) groups excluding carboxylic acids is 2. The summed E-state index contributed by atoms with van der Waals surface area (Å²) in [7, 11) is 1.32. The molecule has 1 aromatic rings. The summed E-state index contributed by atoms with van der Waals surface area (Å²) in [5.74, 6) is -0.767. The maximum Gasteiger partial charge on any atom is 0.337 e. The molecule has 1 aromatic carbocycles. The van der Waals surface area contributed by atoms with E-state index in [2.05, 4.69) is 10.1 Å². The summed E-state index contributed by atoms with van der Waals surface area (Å²) in [6.45, 7) is 5.47. The number of anilines is 1. The van der Waals surface area contributed by atoms with Crippen LogP contribution in [0.5, 0.6) is 0 Å². The molecular weight excluding hydrogens is 246 g/mol. The molecule has 0 bridgehead atoms. The maximum absolute atomic E-state index is 11.5. The van der Waals surface area contributed by atoms with Crippen LogP contribution in [0, 0.1) is 0 Å². The van der Waals surface area contributed by atoms with E-state index in [0.29, 0.717) is 11.3 Å². The molecule has 0 aromatic heterocycles. The third-order valence-corrected chi connectivity index (χ3v) is 2.14. The van der Waals surface area contributed by atoms with Crippen molar-refractivity contribution in [1.82, 2.24) is 0 Å². The number of esters is 2. The lowest BCUT2D eigenvalue weighted by Gasteiger charge is -2.19. The molecule has 19 heavy (non-hydrogen) atoms. The van der Waals surface area contributed by atoms with Gasteiger partial charge in [0.25, 0.3) is 0 Å². The zero-order chi connectivity index (χ0) is 14.5. The molecule has 0 fully saturated rings. The lowest BCUT2D eigenvalue weighted by Crippen LogP contribution is -2.28. The van der Waals surface area contributed by atoms with E-state index in [9.17, 15) is 9.59 Å². The summed E-state index contributed by atoms with van der Waals surface area (Å²) in [6, 6.07) is 6.74. The molecule has 0 unspecified atom stereocenters. The molecule has 1 N–H and O–H groups in total. The van der Waals surface area contributed by atoms with Gasteiger partial charge in [0.15, 0.2) is 0 Å². The van der Waals surface area contributed by atoms with Gasteiger partial charge >= 0.3 is 11.9 Å². The van der Waals surface area contributed by atoms with Gasteiger partial charge in [0.1, 0.15) is 12.1 Å². The van der Waals surface area contributed by atoms with E-state index >= 15 is 0 Å². The van der Waals surface area contributed by atoms with Gasteiger partial charge in [-0.25, -0.2) is 4.79 Å². The second kappa shape index (κ2) is 6.22. The first-order valence-electron chi connectivity index (χ1n) is 5.96. The van der Waals surface area contributed by atoms with Crippen molar-refractivity contribution < 1.29 is 19.1 Å². The van der Waals surface area contributed by atoms with E-state index in [1.807, 2.05) is 20.8 Å². The van der Waals surface area contributed by atoms with Crippen molar-refractivity contribution in [3.63, 3.8) is 0 Å². The third kappa shape index (κ3) is 5.42. The Morgan fingerprint density at radius 1 is 1.26 bits per heavy atom. The van der Waals surface area contributed by atoms with E-state index in [1.54, 1.807) is 24.3 Å². The number of nitrogens with one attached hydrogen (secondary N) is 1. The monoisotopic (exact) mass is 265 g/mol. The molecule has 0 aliphatic rings. The average Bonchev–Trinajstić information content (AvgIpc) is 2.34. The second-order valence-corrected chi connectivity index (χ2v) is 5.01. The number of carbonyl (C=O) groups is 2. The van der Waals surface area contributed by atoms with E-state index < -0.39 is 11.6 Å². The van der Waals surface area contributed by atoms with Crippen molar-refractivity contribution >= 4 is 17.6 Å². The molecule has 104 valence electrons. The molecule has 0 amide bonds. The number of hydrogen-bond donors (Lipinski definition) is 1. The van der Waals surface area contributed by atoms with Crippen molar-refractivity contribution in [2.45, 2.75) is 26.4 Å². The second-order valence-electron chi connectivity index (χ2n) is 5.01. The number of rotatable bonds is 4. The highest BCUT2D eigenvalue weighted by Gasteiger charge is 2.15. The predicted molar refractivity (Wildman–Crippen MR) is 72.1 cm³/mol. The van der Waals surface area contributed by atoms with Crippen LogP contribution in [0.2, 0.25) is 0 Å². The van der Waals surface area contributed by atoms with Crippen molar-refractivity contribution in [1.29, 1.82) is 0 Å². The van der Waals surface area contributed by atoms with E-state index in [0.717, 1.165) is 0 Å². The maximum atomic E-state index is 11.5. The van der Waals surface area contributed by atoms with Gasteiger partial charge in [-0.3, -0.25) is 4.79 Å². The molecule has 5 nitrogen and oxygen atoms in total. The molecule has 0 aliphatic heterocycles. The molecule has 0 saturated heterocycles. The van der Waals surface area contributed by atoms with Gasteiger partial charge in [-0.2, -0.15) is 0 Å². The Morgan fingerprint density at radius 3 is 2.53 bits per heavy atom. The number of methoxy groups -OCH3 is 1. The Bertz CT molecular complexity index is 463. The lowest BCUT2D eigenvalue weighted by atomic mass is 10.2. The summed E-state index contributed by atoms with van der Waals surface area (Å²) in [5.41, 5.74) is 0.581. The normalized spacial score (nSPS) is 10.7. The molecule has 0 saturated carbocycles. The van der Waals surface area contributed by atoms with E-state index in [1.165, 1.54) is 7.11 Å². The van der Waals surface area contributed by atoms with Crippen LogP contribution in [0.1, 0.15) is 31.1 Å². The highest BCUT2D eigenvalue weighted by atomic mass is 16.6. The van der Waals surface area contributed by atoms with Gasteiger partial charge in [0, 0.05) is 5.69 Å². The van der Waals surface area contributed by atoms with Crippen LogP contribution in [0.25, 0.3) is 0 Å². The molecule has 5 heteroatoms. The van der Waals surface area contributed by atoms with E-state index in [4.69, 9.17) is 4.74 Å². The fourth-order valence-electron chi connectivity index (χ4n) is 1.43. The topological polar surface area (TPSA) is 64.6 Å². The van der Waals surface area contributed by atoms with Crippen LogP contribution in [0.4, 0.5) is 5.69 Å². The summed E-state index contributed by atoms with van der Waals surface area (Å²) in [5, 5.41) is 2.90. The Morgan fingerprint density at radius 2 is 1.95 bits per heavy atom. The first-order chi connectivity index (χ1) is 8.81. The largest absolute Gasteiger partial charge is 0.465 e. The highest BCUT2D eigenvalue weighted by molar-refractivity contribution is 5.90. The zero-order valence-electron chi connectivity index (χ0n) is 11.6. The molecule has 0 radical (unpaired) electrons. The quantitative estimate of drug-likeness (QED) is 0.846. The van der Waals surface area contributed by atoms with Gasteiger partial charge in [-0.05, 0) is 39.0 Å². The van der Waals surface area contributed by atoms with Crippen LogP contribution in [0.15, 0.2) is 24.3 Å². The fourth-order valence-corrected chi connectivity index (χ4v) is 1.43. The predicted octanol–water partition coefficient (Wildman–Crippen LogP) is 2.23. The molecule has 0 atom stereocenters. The smallest absolute Gasteiger partial charge is 0.337 e. The molecule has 0 spiro atoms. The van der Waals surface area contributed by atoms with Crippen molar-refractivity contribution in [2.24, 2.45) is 0 Å². The minimum Gasteiger partial charge on any atom is -0.465 e. The third-order valence-electron chi connectivity index (χ3n) is 2.14. The Balaban J connectivity index is 2.59. The van der Waals surface area contributed by atoms with Crippen molar-refractivity contribution in [3.05, 3.63) is 29.8 Å². The lowest BCUT2D eigenvalue weighted by molar-refractivity contribution is -0.152. The SMILES string of the molecule is COC(=O)c1cccc(NCC(=O)OC(C)(C)C)c1. The minimum absolute atomic E-state index is 0.0435. The van der Waals surface area contributed by atoms with Crippen LogP contribution in [0.3, 0.4) is 0 Å². The van der Waals surface area contributed by atoms with Crippen LogP contribution < -0.4 is 5.32 Å². The summed E-state index contributed by atoms with van der Waals surface area (Å²) in [6.07, 6.45) is 0. The zero-order valence-corrected chi connectivity index (χ0v) is 11.6. The Hall–Kier alpha value is -2.04. The standard InChI is InChI=1S/C14H19NO4/c1-14(2,3)19-12(16)9-15-11-7-5-6-10(8-11)13(17)18-4/h5-8,15H,9H2,1-4H3. The van der Waals surface area contributed by atoms with Gasteiger partial charge in [-0.1, -0.05) is 6.07 Å². The average molecular weight is 265 g/mol. The number of hydrogen-bond acceptors (Lipinski definition) is 5. The van der Waals surface area contributed by atoms with Gasteiger partial charge in [-0.15, -0.1) is 0 Å². The van der Waals surface area contributed by atoms with Crippen LogP contribution in [-0.4, -0.2) is 31.2 Å². The van der Waals surface area contributed by atoms with E-state index in [-0.39, 0.29) is 12.5 Å². The molecule has 0 heterocycles. The summed E-state index contributed by atoms with van der Waals surface area (Å²) in [4.78, 5) is 22.9. The first-order valence-corrected chi connectivity index (χ1v) is 5.96. The molecule has 1 rings (SSSR count). The Labute approximate surface area is 112 Å². The first kappa shape index (κ1) is 15.0. The number of ether oxygens (including phenoxy) is 2. The minimum atomic E-state index is -0.507. The molecule has 0 aliphatic carbocycles. The van der Waals surface area contributed by atoms with Gasteiger partial charge in [0.2, 0.25) is 0 Å². The van der Waals surface area contributed by atoms with Gasteiger partial charge < -0.3 is 14.8 Å². The van der Waals surface area contributed by atoms with Crippen molar-refractivity contribution in [2.75, 3.05) is 19.0 Å². The van der Waals surface area contributed by atoms with Crippen LogP contribution >= 0.6 is 0 Å². The van der Waals surface area contributed by atoms with Crippen LogP contribution in [-0.2, 0) is 14.3 Å². The Kier molecular flexibility index (Phi) is 4.92. The summed E-state index contributed by atoms with van der Waals surface area (Å²) < 4.78 is 9.79.